The Morgan fingerprint density at radius 1 is 1.05 bits per heavy atom. The molecule has 0 N–H and O–H groups in total. The van der Waals surface area contributed by atoms with Gasteiger partial charge in [0.2, 0.25) is 0 Å². The first-order valence-corrected chi connectivity index (χ1v) is 7.07. The minimum atomic E-state index is -0.253. The third-order valence-corrected chi connectivity index (χ3v) is 3.83. The molecule has 0 saturated heterocycles. The first-order valence-electron chi connectivity index (χ1n) is 7.07. The predicted octanol–water partition coefficient (Wildman–Crippen LogP) is 2.82. The van der Waals surface area contributed by atoms with E-state index in [0.717, 1.165) is 25.7 Å². The topological polar surface area (TPSA) is 52.6 Å². The van der Waals surface area contributed by atoms with Crippen LogP contribution in [0.4, 0.5) is 0 Å². The molecule has 1 fully saturated rings. The maximum Gasteiger partial charge on any atom is 0.338 e. The summed E-state index contributed by atoms with van der Waals surface area (Å²) in [5, 5.41) is 0. The van der Waals surface area contributed by atoms with Crippen molar-refractivity contribution in [1.82, 2.24) is 0 Å². The second kappa shape index (κ2) is 7.68. The van der Waals surface area contributed by atoms with Crippen molar-refractivity contribution in [1.29, 1.82) is 0 Å². The monoisotopic (exact) mass is 276 g/mol. The van der Waals surface area contributed by atoms with Gasteiger partial charge in [-0.2, -0.15) is 0 Å². The number of carbonyl (C=O) groups excluding carboxylic acids is 2. The molecule has 1 aliphatic rings. The van der Waals surface area contributed by atoms with Crippen molar-refractivity contribution in [3.8, 4) is 0 Å². The van der Waals surface area contributed by atoms with Gasteiger partial charge >= 0.3 is 5.97 Å². The highest BCUT2D eigenvalue weighted by molar-refractivity contribution is 5.89. The van der Waals surface area contributed by atoms with Crippen LogP contribution in [-0.2, 0) is 14.3 Å². The van der Waals surface area contributed by atoms with Crippen LogP contribution in [0.15, 0.2) is 30.3 Å². The van der Waals surface area contributed by atoms with Crippen LogP contribution in [0.1, 0.15) is 36.0 Å². The molecule has 4 nitrogen and oxygen atoms in total. The number of rotatable bonds is 6. The molecule has 1 aromatic carbocycles. The van der Waals surface area contributed by atoms with E-state index in [1.807, 2.05) is 18.2 Å². The fraction of sp³-hybridized carbons (Fsp3) is 0.500. The predicted molar refractivity (Wildman–Crippen MR) is 74.2 cm³/mol. The van der Waals surface area contributed by atoms with Crippen molar-refractivity contribution >= 4 is 12.4 Å². The molecule has 2 rings (SSSR count). The summed E-state index contributed by atoms with van der Waals surface area (Å²) in [6.45, 7) is 1.50. The summed E-state index contributed by atoms with van der Waals surface area (Å²) >= 11 is 0. The first-order chi connectivity index (χ1) is 9.79. The van der Waals surface area contributed by atoms with E-state index >= 15 is 0 Å². The molecule has 0 spiro atoms. The fourth-order valence-electron chi connectivity index (χ4n) is 2.59. The SMILES string of the molecule is O=COCC1CCC(COC(=O)c2ccccc2)CC1. The smallest absolute Gasteiger partial charge is 0.338 e. The summed E-state index contributed by atoms with van der Waals surface area (Å²) in [7, 11) is 0. The van der Waals surface area contributed by atoms with Crippen molar-refractivity contribution in [3.05, 3.63) is 35.9 Å². The molecule has 1 saturated carbocycles. The van der Waals surface area contributed by atoms with Crippen LogP contribution in [0.5, 0.6) is 0 Å². The largest absolute Gasteiger partial charge is 0.468 e. The Balaban J connectivity index is 1.68. The summed E-state index contributed by atoms with van der Waals surface area (Å²) in [5.41, 5.74) is 0.598. The minimum Gasteiger partial charge on any atom is -0.468 e. The van der Waals surface area contributed by atoms with Gasteiger partial charge in [0.15, 0.2) is 0 Å². The van der Waals surface area contributed by atoms with Crippen LogP contribution >= 0.6 is 0 Å². The quantitative estimate of drug-likeness (QED) is 0.592. The molecule has 108 valence electrons. The van der Waals surface area contributed by atoms with Gasteiger partial charge in [-0.25, -0.2) is 4.79 Å². The molecule has 0 heterocycles. The lowest BCUT2D eigenvalue weighted by atomic mass is 9.83. The average Bonchev–Trinajstić information content (AvgIpc) is 2.52. The molecule has 0 amide bonds. The number of ether oxygens (including phenoxy) is 2. The Morgan fingerprint density at radius 3 is 2.25 bits per heavy atom. The molecule has 0 radical (unpaired) electrons. The average molecular weight is 276 g/mol. The lowest BCUT2D eigenvalue weighted by molar-refractivity contribution is -0.130. The van der Waals surface area contributed by atoms with Crippen molar-refractivity contribution < 1.29 is 19.1 Å². The number of esters is 1. The van der Waals surface area contributed by atoms with Crippen molar-refractivity contribution in [3.63, 3.8) is 0 Å². The van der Waals surface area contributed by atoms with Gasteiger partial charge in [-0.15, -0.1) is 0 Å². The van der Waals surface area contributed by atoms with Crippen molar-refractivity contribution in [2.45, 2.75) is 25.7 Å². The van der Waals surface area contributed by atoms with Crippen LogP contribution in [-0.4, -0.2) is 25.7 Å². The van der Waals surface area contributed by atoms with Gasteiger partial charge < -0.3 is 9.47 Å². The zero-order valence-corrected chi connectivity index (χ0v) is 11.5. The molecule has 4 heteroatoms. The number of hydrogen-bond acceptors (Lipinski definition) is 4. The molecule has 0 bridgehead atoms. The van der Waals surface area contributed by atoms with Gasteiger partial charge in [0.25, 0.3) is 6.47 Å². The third-order valence-electron chi connectivity index (χ3n) is 3.83. The zero-order valence-electron chi connectivity index (χ0n) is 11.5. The van der Waals surface area contributed by atoms with Gasteiger partial charge in [0.05, 0.1) is 18.8 Å². The summed E-state index contributed by atoms with van der Waals surface area (Å²) in [6.07, 6.45) is 4.10. The van der Waals surface area contributed by atoms with E-state index < -0.39 is 0 Å². The Labute approximate surface area is 119 Å². The molecular weight excluding hydrogens is 256 g/mol. The van der Waals surface area contributed by atoms with Crippen LogP contribution in [0.3, 0.4) is 0 Å². The Kier molecular flexibility index (Phi) is 5.59. The highest BCUT2D eigenvalue weighted by Gasteiger charge is 2.22. The molecule has 0 atom stereocenters. The van der Waals surface area contributed by atoms with Gasteiger partial charge in [0.1, 0.15) is 0 Å². The Morgan fingerprint density at radius 2 is 1.65 bits per heavy atom. The van der Waals surface area contributed by atoms with E-state index in [0.29, 0.717) is 37.1 Å². The molecule has 0 aliphatic heterocycles. The second-order valence-corrected chi connectivity index (χ2v) is 5.28. The molecule has 1 aliphatic carbocycles. The molecule has 0 aromatic heterocycles. The summed E-state index contributed by atoms with van der Waals surface area (Å²) < 4.78 is 10.2. The Bertz CT molecular complexity index is 421. The molecule has 20 heavy (non-hydrogen) atoms. The van der Waals surface area contributed by atoms with E-state index in [-0.39, 0.29) is 5.97 Å². The van der Waals surface area contributed by atoms with Gasteiger partial charge in [0, 0.05) is 0 Å². The maximum absolute atomic E-state index is 11.8. The summed E-state index contributed by atoms with van der Waals surface area (Å²) in [5.74, 6) is 0.633. The standard InChI is InChI=1S/C16H20O4/c17-12-19-10-13-6-8-14(9-7-13)11-20-16(18)15-4-2-1-3-5-15/h1-5,12-14H,6-11H2. The normalized spacial score (nSPS) is 22.0. The zero-order chi connectivity index (χ0) is 14.2. The van der Waals surface area contributed by atoms with Gasteiger partial charge in [-0.3, -0.25) is 4.79 Å². The van der Waals surface area contributed by atoms with E-state index in [2.05, 4.69) is 0 Å². The lowest BCUT2D eigenvalue weighted by Crippen LogP contribution is -2.22. The van der Waals surface area contributed by atoms with Gasteiger partial charge in [-0.05, 0) is 49.7 Å². The lowest BCUT2D eigenvalue weighted by Gasteiger charge is -2.27. The van der Waals surface area contributed by atoms with E-state index in [1.54, 1.807) is 12.1 Å². The summed E-state index contributed by atoms with van der Waals surface area (Å²) in [4.78, 5) is 22.0. The maximum atomic E-state index is 11.8. The Hall–Kier alpha value is -1.84. The molecular formula is C16H20O4. The highest BCUT2D eigenvalue weighted by Crippen LogP contribution is 2.29. The van der Waals surface area contributed by atoms with Crippen molar-refractivity contribution in [2.75, 3.05) is 13.2 Å². The fourth-order valence-corrected chi connectivity index (χ4v) is 2.59. The van der Waals surface area contributed by atoms with Crippen LogP contribution < -0.4 is 0 Å². The van der Waals surface area contributed by atoms with Crippen LogP contribution in [0.2, 0.25) is 0 Å². The number of benzene rings is 1. The third kappa shape index (κ3) is 4.37. The second-order valence-electron chi connectivity index (χ2n) is 5.28. The van der Waals surface area contributed by atoms with Crippen LogP contribution in [0.25, 0.3) is 0 Å². The first kappa shape index (κ1) is 14.6. The minimum absolute atomic E-state index is 0.253. The molecule has 1 aromatic rings. The van der Waals surface area contributed by atoms with E-state index in [4.69, 9.17) is 9.47 Å². The van der Waals surface area contributed by atoms with E-state index in [1.165, 1.54) is 0 Å². The van der Waals surface area contributed by atoms with E-state index in [9.17, 15) is 9.59 Å². The van der Waals surface area contributed by atoms with Crippen LogP contribution in [0, 0.1) is 11.8 Å². The van der Waals surface area contributed by atoms with Crippen molar-refractivity contribution in [2.24, 2.45) is 11.8 Å². The number of carbonyl (C=O) groups is 2. The molecule has 0 unspecified atom stereocenters. The number of hydrogen-bond donors (Lipinski definition) is 0. The summed E-state index contributed by atoms with van der Waals surface area (Å²) in [6, 6.07) is 9.05. The highest BCUT2D eigenvalue weighted by atomic mass is 16.5. The van der Waals surface area contributed by atoms with Gasteiger partial charge in [-0.1, -0.05) is 18.2 Å².